The summed E-state index contributed by atoms with van der Waals surface area (Å²) in [6.07, 6.45) is 0. The Kier molecular flexibility index (Phi) is 3.23. The van der Waals surface area contributed by atoms with Crippen LogP contribution in [0.2, 0.25) is 0 Å². The van der Waals surface area contributed by atoms with Gasteiger partial charge >= 0.3 is 0 Å². The van der Waals surface area contributed by atoms with E-state index in [1.807, 2.05) is 6.07 Å². The lowest BCUT2D eigenvalue weighted by molar-refractivity contribution is 0.0827. The summed E-state index contributed by atoms with van der Waals surface area (Å²) in [7, 11) is 3.50. The van der Waals surface area contributed by atoms with Crippen molar-refractivity contribution in [2.45, 2.75) is 33.7 Å². The van der Waals surface area contributed by atoms with E-state index >= 15 is 0 Å². The number of nitrogens with zero attached hydrogens (tertiary/aromatic N) is 1. The lowest BCUT2D eigenvalue weighted by Gasteiger charge is -2.15. The van der Waals surface area contributed by atoms with E-state index in [1.165, 1.54) is 0 Å². The molecule has 1 amide bonds. The maximum Gasteiger partial charge on any atom is 0.253 e. The summed E-state index contributed by atoms with van der Waals surface area (Å²) in [5, 5.41) is 3.50. The largest absolute Gasteiger partial charge is 0.397 e. The van der Waals surface area contributed by atoms with Crippen molar-refractivity contribution < 1.29 is 4.79 Å². The first-order valence-corrected chi connectivity index (χ1v) is 6.96. The van der Waals surface area contributed by atoms with Crippen LogP contribution in [0.5, 0.6) is 0 Å². The predicted octanol–water partition coefficient (Wildman–Crippen LogP) is 2.82. The van der Waals surface area contributed by atoms with Gasteiger partial charge in [0.05, 0.1) is 11.4 Å². The van der Waals surface area contributed by atoms with Crippen molar-refractivity contribution in [3.63, 3.8) is 0 Å². The molecule has 0 saturated heterocycles. The molecule has 0 spiro atoms. The van der Waals surface area contributed by atoms with Crippen LogP contribution in [0, 0.1) is 10.8 Å². The Hall–Kier alpha value is -1.71. The number of hydrogen-bond donors (Lipinski definition) is 2. The van der Waals surface area contributed by atoms with Gasteiger partial charge in [-0.1, -0.05) is 27.7 Å². The van der Waals surface area contributed by atoms with Crippen molar-refractivity contribution >= 4 is 17.3 Å². The average Bonchev–Trinajstić information content (AvgIpc) is 2.73. The lowest BCUT2D eigenvalue weighted by atomic mass is 10.0. The molecule has 0 atom stereocenters. The summed E-state index contributed by atoms with van der Waals surface area (Å²) < 4.78 is 0. The van der Waals surface area contributed by atoms with Gasteiger partial charge in [-0.15, -0.1) is 0 Å². The molecular formula is C16H25N3O. The molecule has 1 fully saturated rings. The van der Waals surface area contributed by atoms with Gasteiger partial charge in [0.25, 0.3) is 5.91 Å². The highest BCUT2D eigenvalue weighted by Crippen LogP contribution is 2.63. The van der Waals surface area contributed by atoms with Gasteiger partial charge in [0, 0.05) is 25.7 Å². The average molecular weight is 275 g/mol. The van der Waals surface area contributed by atoms with Crippen LogP contribution in [-0.4, -0.2) is 30.9 Å². The fourth-order valence-corrected chi connectivity index (χ4v) is 2.79. The van der Waals surface area contributed by atoms with E-state index in [0.29, 0.717) is 17.3 Å². The molecule has 1 aromatic rings. The maximum atomic E-state index is 12.0. The van der Waals surface area contributed by atoms with Crippen LogP contribution in [0.4, 0.5) is 11.4 Å². The van der Waals surface area contributed by atoms with Crippen molar-refractivity contribution in [2.24, 2.45) is 10.8 Å². The minimum Gasteiger partial charge on any atom is -0.397 e. The highest BCUT2D eigenvalue weighted by atomic mass is 16.2. The number of nitrogen functional groups attached to an aromatic ring is 1. The zero-order valence-electron chi connectivity index (χ0n) is 13.2. The molecule has 110 valence electrons. The van der Waals surface area contributed by atoms with Crippen molar-refractivity contribution in [1.29, 1.82) is 0 Å². The Balaban J connectivity index is 2.25. The molecule has 3 N–H and O–H groups in total. The smallest absolute Gasteiger partial charge is 0.253 e. The van der Waals surface area contributed by atoms with Crippen LogP contribution in [0.1, 0.15) is 38.1 Å². The van der Waals surface area contributed by atoms with E-state index in [1.54, 1.807) is 31.1 Å². The van der Waals surface area contributed by atoms with E-state index in [4.69, 9.17) is 5.73 Å². The number of carbonyl (C=O) groups is 1. The molecule has 0 aliphatic heterocycles. The third-order valence-electron chi connectivity index (χ3n) is 5.03. The third kappa shape index (κ3) is 2.13. The minimum atomic E-state index is -0.0117. The number of nitrogens with one attached hydrogen (secondary N) is 1. The van der Waals surface area contributed by atoms with Gasteiger partial charge < -0.3 is 16.0 Å². The third-order valence-corrected chi connectivity index (χ3v) is 5.03. The Morgan fingerprint density at radius 1 is 1.20 bits per heavy atom. The molecule has 1 aliphatic carbocycles. The van der Waals surface area contributed by atoms with Gasteiger partial charge in [-0.25, -0.2) is 0 Å². The van der Waals surface area contributed by atoms with Crippen LogP contribution in [0.25, 0.3) is 0 Å². The number of nitrogens with two attached hydrogens (primary N) is 1. The maximum absolute atomic E-state index is 12.0. The number of carbonyl (C=O) groups excluding carboxylic acids is 1. The molecular weight excluding hydrogens is 250 g/mol. The Morgan fingerprint density at radius 3 is 2.20 bits per heavy atom. The zero-order chi connectivity index (χ0) is 15.3. The summed E-state index contributed by atoms with van der Waals surface area (Å²) in [4.78, 5) is 13.6. The summed E-state index contributed by atoms with van der Waals surface area (Å²) >= 11 is 0. The van der Waals surface area contributed by atoms with Crippen LogP contribution in [-0.2, 0) is 0 Å². The van der Waals surface area contributed by atoms with E-state index in [9.17, 15) is 4.79 Å². The summed E-state index contributed by atoms with van der Waals surface area (Å²) in [5.74, 6) is -0.0117. The van der Waals surface area contributed by atoms with E-state index < -0.39 is 0 Å². The van der Waals surface area contributed by atoms with Crippen LogP contribution in [0.3, 0.4) is 0 Å². The molecule has 0 bridgehead atoms. The van der Waals surface area contributed by atoms with Gasteiger partial charge in [0.1, 0.15) is 0 Å². The predicted molar refractivity (Wildman–Crippen MR) is 83.8 cm³/mol. The molecule has 4 nitrogen and oxygen atoms in total. The van der Waals surface area contributed by atoms with Gasteiger partial charge in [-0.05, 0) is 29.0 Å². The monoisotopic (exact) mass is 275 g/mol. The number of hydrogen-bond acceptors (Lipinski definition) is 3. The van der Waals surface area contributed by atoms with E-state index in [0.717, 1.165) is 5.69 Å². The SMILES string of the molecule is CN(C)C(=O)c1ccc(N)c(NC2C(C)(C)C2(C)C)c1. The number of amides is 1. The van der Waals surface area contributed by atoms with Crippen molar-refractivity contribution in [2.75, 3.05) is 25.1 Å². The topological polar surface area (TPSA) is 58.4 Å². The molecule has 0 radical (unpaired) electrons. The lowest BCUT2D eigenvalue weighted by Crippen LogP contribution is -2.22. The second kappa shape index (κ2) is 4.40. The Bertz CT molecular complexity index is 533. The minimum absolute atomic E-state index is 0.0117. The van der Waals surface area contributed by atoms with Crippen LogP contribution >= 0.6 is 0 Å². The summed E-state index contributed by atoms with van der Waals surface area (Å²) in [6.45, 7) is 8.98. The molecule has 0 heterocycles. The van der Waals surface area contributed by atoms with Gasteiger partial charge in [-0.2, -0.15) is 0 Å². The molecule has 1 aliphatic rings. The first-order valence-electron chi connectivity index (χ1n) is 6.96. The highest BCUT2D eigenvalue weighted by Gasteiger charge is 2.65. The van der Waals surface area contributed by atoms with Crippen LogP contribution < -0.4 is 11.1 Å². The van der Waals surface area contributed by atoms with Gasteiger partial charge in [0.15, 0.2) is 0 Å². The first kappa shape index (κ1) is 14.7. The second-order valence-corrected chi connectivity index (χ2v) is 7.02. The zero-order valence-corrected chi connectivity index (χ0v) is 13.2. The standard InChI is InChI=1S/C16H25N3O/c1-15(2)14(16(15,3)4)18-12-9-10(7-8-11(12)17)13(20)19(5)6/h7-9,14,18H,17H2,1-6H3. The number of rotatable bonds is 3. The van der Waals surface area contributed by atoms with E-state index in [2.05, 4.69) is 33.0 Å². The van der Waals surface area contributed by atoms with Crippen molar-refractivity contribution in [3.8, 4) is 0 Å². The number of benzene rings is 1. The molecule has 1 saturated carbocycles. The molecule has 2 rings (SSSR count). The first-order chi connectivity index (χ1) is 9.09. The summed E-state index contributed by atoms with van der Waals surface area (Å²) in [6, 6.07) is 5.78. The van der Waals surface area contributed by atoms with E-state index in [-0.39, 0.29) is 16.7 Å². The fourth-order valence-electron chi connectivity index (χ4n) is 2.79. The molecule has 0 unspecified atom stereocenters. The molecule has 4 heteroatoms. The normalized spacial score (nSPS) is 19.5. The molecule has 20 heavy (non-hydrogen) atoms. The van der Waals surface area contributed by atoms with Crippen LogP contribution in [0.15, 0.2) is 18.2 Å². The van der Waals surface area contributed by atoms with Crippen molar-refractivity contribution in [1.82, 2.24) is 4.90 Å². The number of anilines is 2. The highest BCUT2D eigenvalue weighted by molar-refractivity contribution is 5.96. The Morgan fingerprint density at radius 2 is 1.75 bits per heavy atom. The van der Waals surface area contributed by atoms with Gasteiger partial charge in [-0.3, -0.25) is 4.79 Å². The fraction of sp³-hybridized carbons (Fsp3) is 0.562. The van der Waals surface area contributed by atoms with Crippen molar-refractivity contribution in [3.05, 3.63) is 23.8 Å². The summed E-state index contributed by atoms with van der Waals surface area (Å²) in [5.41, 5.74) is 8.66. The van der Waals surface area contributed by atoms with Gasteiger partial charge in [0.2, 0.25) is 0 Å². The Labute approximate surface area is 121 Å². The molecule has 1 aromatic carbocycles. The molecule has 0 aromatic heterocycles. The quantitative estimate of drug-likeness (QED) is 0.834. The second-order valence-electron chi connectivity index (χ2n) is 7.02.